The predicted octanol–water partition coefficient (Wildman–Crippen LogP) is 0.699. The summed E-state index contributed by atoms with van der Waals surface area (Å²) in [5.41, 5.74) is 0. The average Bonchev–Trinajstić information content (AvgIpc) is 2.97. The number of likely N-dealkylation sites (N-methyl/N-ethyl adjacent to an activating group) is 1. The Kier molecular flexibility index (Phi) is 6.89. The summed E-state index contributed by atoms with van der Waals surface area (Å²) >= 11 is 0. The van der Waals surface area contributed by atoms with E-state index in [4.69, 9.17) is 0 Å². The molecule has 0 aliphatic carbocycles. The lowest BCUT2D eigenvalue weighted by Crippen LogP contribution is -2.54. The molecule has 7 nitrogen and oxygen atoms in total. The van der Waals surface area contributed by atoms with Crippen molar-refractivity contribution in [2.45, 2.75) is 37.8 Å². The Bertz CT molecular complexity index is 642. The van der Waals surface area contributed by atoms with E-state index in [0.717, 1.165) is 43.3 Å². The number of nitrogens with one attached hydrogen (secondary N) is 1. The number of aromatic nitrogens is 2. The molecule has 2 rings (SSSR count). The molecule has 0 saturated carbocycles. The highest BCUT2D eigenvalue weighted by atomic mass is 32.2. The first-order valence-electron chi connectivity index (χ1n) is 8.42. The first-order chi connectivity index (χ1) is 11.7. The molecule has 1 aliphatic rings. The van der Waals surface area contributed by atoms with E-state index < -0.39 is 23.0 Å². The number of nitrogens with zero attached hydrogens (tertiary/aromatic N) is 4. The van der Waals surface area contributed by atoms with Gasteiger partial charge in [-0.25, -0.2) is 21.9 Å². The minimum Gasteiger partial charge on any atom is -0.304 e. The fraction of sp³-hybridized carbons (Fsp3) is 0.800. The summed E-state index contributed by atoms with van der Waals surface area (Å²) in [5, 5.41) is 3.68. The molecule has 1 fully saturated rings. The van der Waals surface area contributed by atoms with Crippen molar-refractivity contribution >= 4 is 10.0 Å². The number of piperazine rings is 1. The van der Waals surface area contributed by atoms with Gasteiger partial charge in [0.2, 0.25) is 10.0 Å². The van der Waals surface area contributed by atoms with Gasteiger partial charge < -0.3 is 4.90 Å². The van der Waals surface area contributed by atoms with Crippen LogP contribution in [0.2, 0.25) is 0 Å². The highest BCUT2D eigenvalue weighted by Crippen LogP contribution is 2.15. The van der Waals surface area contributed by atoms with Crippen LogP contribution in [0.5, 0.6) is 0 Å². The normalized spacial score (nSPS) is 19.0. The molecule has 2 heterocycles. The molecule has 0 unspecified atom stereocenters. The van der Waals surface area contributed by atoms with Crippen molar-refractivity contribution in [3.8, 4) is 0 Å². The van der Waals surface area contributed by atoms with Crippen molar-refractivity contribution in [3.05, 3.63) is 12.4 Å². The summed E-state index contributed by atoms with van der Waals surface area (Å²) < 4.78 is 53.1. The van der Waals surface area contributed by atoms with Gasteiger partial charge in [-0.2, -0.15) is 5.10 Å². The maximum absolute atomic E-state index is 12.4. The number of rotatable bonds is 8. The fourth-order valence-electron chi connectivity index (χ4n) is 2.94. The third kappa shape index (κ3) is 5.70. The molecule has 0 amide bonds. The number of hydrogen-bond acceptors (Lipinski definition) is 5. The smallest absolute Gasteiger partial charge is 0.257 e. The van der Waals surface area contributed by atoms with Crippen LogP contribution >= 0.6 is 0 Å². The second-order valence-electron chi connectivity index (χ2n) is 6.79. The summed E-state index contributed by atoms with van der Waals surface area (Å²) in [6.07, 6.45) is -0.342. The van der Waals surface area contributed by atoms with E-state index in [1.54, 1.807) is 0 Å². The lowest BCUT2D eigenvalue weighted by atomic mass is 10.0. The van der Waals surface area contributed by atoms with Crippen LogP contribution in [-0.4, -0.2) is 80.2 Å². The zero-order valence-corrected chi connectivity index (χ0v) is 15.7. The molecule has 144 valence electrons. The first kappa shape index (κ1) is 20.2. The van der Waals surface area contributed by atoms with E-state index in [2.05, 4.69) is 40.5 Å². The SMILES string of the molecule is CC(C)[C@@H](CNS(=O)(=O)c1cnn(CC(F)F)c1)N1CCN(C)CC1. The van der Waals surface area contributed by atoms with Crippen LogP contribution in [0.1, 0.15) is 13.8 Å². The molecule has 1 aliphatic heterocycles. The van der Waals surface area contributed by atoms with Crippen molar-refractivity contribution in [1.82, 2.24) is 24.3 Å². The van der Waals surface area contributed by atoms with E-state index in [9.17, 15) is 17.2 Å². The number of halogens is 2. The van der Waals surface area contributed by atoms with Crippen molar-refractivity contribution in [2.24, 2.45) is 5.92 Å². The largest absolute Gasteiger partial charge is 0.304 e. The van der Waals surface area contributed by atoms with Gasteiger partial charge in [-0.05, 0) is 13.0 Å². The molecule has 0 aromatic carbocycles. The van der Waals surface area contributed by atoms with Gasteiger partial charge in [0.15, 0.2) is 0 Å². The highest BCUT2D eigenvalue weighted by molar-refractivity contribution is 7.89. The standard InChI is InChI=1S/C15H27F2N5O2S/c1-12(2)14(21-6-4-20(3)5-7-21)9-19-25(23,24)13-8-18-22(10-13)11-15(16)17/h8,10,12,14-15,19H,4-7,9,11H2,1-3H3/t14-/m1/s1. The van der Waals surface area contributed by atoms with Crippen LogP contribution in [-0.2, 0) is 16.6 Å². The fourth-order valence-corrected chi connectivity index (χ4v) is 3.95. The van der Waals surface area contributed by atoms with Gasteiger partial charge in [-0.3, -0.25) is 9.58 Å². The van der Waals surface area contributed by atoms with E-state index in [-0.39, 0.29) is 23.4 Å². The molecule has 1 aromatic rings. The second kappa shape index (κ2) is 8.52. The molecule has 0 spiro atoms. The third-order valence-electron chi connectivity index (χ3n) is 4.50. The molecule has 1 N–H and O–H groups in total. The Morgan fingerprint density at radius 2 is 1.88 bits per heavy atom. The second-order valence-corrected chi connectivity index (χ2v) is 8.56. The van der Waals surface area contributed by atoms with Crippen LogP contribution in [0.25, 0.3) is 0 Å². The minimum absolute atomic E-state index is 0.0829. The Morgan fingerprint density at radius 1 is 1.24 bits per heavy atom. The summed E-state index contributed by atoms with van der Waals surface area (Å²) in [4.78, 5) is 4.46. The average molecular weight is 379 g/mol. The molecule has 1 saturated heterocycles. The van der Waals surface area contributed by atoms with Gasteiger partial charge >= 0.3 is 0 Å². The van der Waals surface area contributed by atoms with Gasteiger partial charge in [0, 0.05) is 45.0 Å². The topological polar surface area (TPSA) is 70.5 Å². The molecule has 0 radical (unpaired) electrons. The molecule has 25 heavy (non-hydrogen) atoms. The van der Waals surface area contributed by atoms with Crippen LogP contribution in [0, 0.1) is 5.92 Å². The monoisotopic (exact) mass is 379 g/mol. The number of hydrogen-bond donors (Lipinski definition) is 1. The zero-order valence-electron chi connectivity index (χ0n) is 14.9. The van der Waals surface area contributed by atoms with E-state index in [1.165, 1.54) is 0 Å². The number of alkyl halides is 2. The van der Waals surface area contributed by atoms with Crippen molar-refractivity contribution in [3.63, 3.8) is 0 Å². The van der Waals surface area contributed by atoms with Crippen molar-refractivity contribution < 1.29 is 17.2 Å². The van der Waals surface area contributed by atoms with Gasteiger partial charge in [-0.15, -0.1) is 0 Å². The Hall–Kier alpha value is -1.10. The van der Waals surface area contributed by atoms with Crippen molar-refractivity contribution in [2.75, 3.05) is 39.8 Å². The lowest BCUT2D eigenvalue weighted by molar-refractivity contribution is 0.0905. The van der Waals surface area contributed by atoms with E-state index >= 15 is 0 Å². The Morgan fingerprint density at radius 3 is 2.44 bits per heavy atom. The third-order valence-corrected chi connectivity index (χ3v) is 5.88. The molecule has 1 aromatic heterocycles. The maximum Gasteiger partial charge on any atom is 0.257 e. The summed E-state index contributed by atoms with van der Waals surface area (Å²) in [7, 11) is -1.70. The van der Waals surface area contributed by atoms with E-state index in [0.29, 0.717) is 0 Å². The Balaban J connectivity index is 1.99. The lowest BCUT2D eigenvalue weighted by Gasteiger charge is -2.39. The molecule has 0 bridgehead atoms. The van der Waals surface area contributed by atoms with Crippen LogP contribution in [0.4, 0.5) is 8.78 Å². The van der Waals surface area contributed by atoms with Crippen molar-refractivity contribution in [1.29, 1.82) is 0 Å². The molecular formula is C15H27F2N5O2S. The quantitative estimate of drug-likeness (QED) is 0.720. The van der Waals surface area contributed by atoms with Crippen LogP contribution in [0.15, 0.2) is 17.3 Å². The van der Waals surface area contributed by atoms with Gasteiger partial charge in [-0.1, -0.05) is 13.8 Å². The summed E-state index contributed by atoms with van der Waals surface area (Å²) in [6.45, 7) is 7.50. The summed E-state index contributed by atoms with van der Waals surface area (Å²) in [5.74, 6) is 0.285. The molecule has 10 heteroatoms. The van der Waals surface area contributed by atoms with Crippen LogP contribution < -0.4 is 4.72 Å². The minimum atomic E-state index is -3.77. The van der Waals surface area contributed by atoms with E-state index in [1.807, 2.05) is 0 Å². The molecule has 1 atom stereocenters. The Labute approximate surface area is 148 Å². The zero-order chi connectivity index (χ0) is 18.6. The van der Waals surface area contributed by atoms with Gasteiger partial charge in [0.25, 0.3) is 6.43 Å². The number of sulfonamides is 1. The predicted molar refractivity (Wildman–Crippen MR) is 91.1 cm³/mol. The van der Waals surface area contributed by atoms with Crippen LogP contribution in [0.3, 0.4) is 0 Å². The van der Waals surface area contributed by atoms with Gasteiger partial charge in [0.1, 0.15) is 11.4 Å². The summed E-state index contributed by atoms with van der Waals surface area (Å²) in [6, 6.07) is 0.0829. The first-order valence-corrected chi connectivity index (χ1v) is 9.90. The maximum atomic E-state index is 12.4. The van der Waals surface area contributed by atoms with Gasteiger partial charge in [0.05, 0.1) is 6.20 Å². The highest BCUT2D eigenvalue weighted by Gasteiger charge is 2.27. The molecular weight excluding hydrogens is 352 g/mol.